The predicted octanol–water partition coefficient (Wildman–Crippen LogP) is 2.31. The maximum absolute atomic E-state index is 11.5. The first-order valence-corrected chi connectivity index (χ1v) is 5.57. The second-order valence-corrected chi connectivity index (χ2v) is 3.85. The van der Waals surface area contributed by atoms with Gasteiger partial charge >= 0.3 is 11.8 Å². The third-order valence-corrected chi connectivity index (χ3v) is 2.37. The van der Waals surface area contributed by atoms with E-state index in [4.69, 9.17) is 16.0 Å². The Morgan fingerprint density at radius 1 is 1.39 bits per heavy atom. The van der Waals surface area contributed by atoms with Crippen LogP contribution in [-0.4, -0.2) is 22.6 Å². The Labute approximate surface area is 108 Å². The molecule has 1 aromatic heterocycles. The Morgan fingerprint density at radius 3 is 2.78 bits per heavy atom. The highest BCUT2D eigenvalue weighted by Crippen LogP contribution is 2.19. The minimum absolute atomic E-state index is 0.0817. The topological polar surface area (TPSA) is 68.0 Å². The molecular formula is C12H10ClN3O2. The van der Waals surface area contributed by atoms with E-state index in [0.29, 0.717) is 17.1 Å². The summed E-state index contributed by atoms with van der Waals surface area (Å²) < 4.78 is 5.26. The Morgan fingerprint density at radius 2 is 2.11 bits per heavy atom. The fraction of sp³-hybridized carbons (Fsp3) is 0.0833. The van der Waals surface area contributed by atoms with Gasteiger partial charge in [-0.05, 0) is 24.3 Å². The molecule has 1 heterocycles. The number of rotatable bonds is 4. The van der Waals surface area contributed by atoms with Gasteiger partial charge in [0.15, 0.2) is 0 Å². The summed E-state index contributed by atoms with van der Waals surface area (Å²) in [6.45, 7) is 3.84. The van der Waals surface area contributed by atoms with Crippen molar-refractivity contribution in [1.29, 1.82) is 0 Å². The molecule has 6 heteroatoms. The van der Waals surface area contributed by atoms with Gasteiger partial charge in [-0.2, -0.15) is 0 Å². The molecule has 0 aliphatic carbocycles. The van der Waals surface area contributed by atoms with Crippen LogP contribution in [0.4, 0.5) is 0 Å². The average Bonchev–Trinajstić information content (AvgIpc) is 2.86. The van der Waals surface area contributed by atoms with Gasteiger partial charge in [-0.25, -0.2) is 0 Å². The third-order valence-electron chi connectivity index (χ3n) is 2.12. The summed E-state index contributed by atoms with van der Waals surface area (Å²) in [5.41, 5.74) is 0.703. The molecule has 0 aliphatic heterocycles. The summed E-state index contributed by atoms with van der Waals surface area (Å²) >= 11 is 5.77. The number of carbonyl (C=O) groups is 1. The number of halogens is 1. The van der Waals surface area contributed by atoms with E-state index in [1.54, 1.807) is 30.3 Å². The van der Waals surface area contributed by atoms with E-state index in [9.17, 15) is 4.79 Å². The smallest absolute Gasteiger partial charge is 0.309 e. The molecule has 92 valence electrons. The summed E-state index contributed by atoms with van der Waals surface area (Å²) in [6, 6.07) is 6.89. The highest BCUT2D eigenvalue weighted by Gasteiger charge is 2.14. The van der Waals surface area contributed by atoms with Crippen molar-refractivity contribution in [1.82, 2.24) is 15.5 Å². The van der Waals surface area contributed by atoms with Gasteiger partial charge in [-0.15, -0.1) is 16.8 Å². The molecule has 5 nitrogen and oxygen atoms in total. The summed E-state index contributed by atoms with van der Waals surface area (Å²) in [6.07, 6.45) is 1.56. The molecule has 0 unspecified atom stereocenters. The Bertz CT molecular complexity index is 563. The molecule has 0 aliphatic rings. The average molecular weight is 264 g/mol. The van der Waals surface area contributed by atoms with Gasteiger partial charge in [-0.3, -0.25) is 4.79 Å². The van der Waals surface area contributed by atoms with Crippen molar-refractivity contribution >= 4 is 17.5 Å². The van der Waals surface area contributed by atoms with Gasteiger partial charge in [0.1, 0.15) is 0 Å². The largest absolute Gasteiger partial charge is 0.412 e. The molecule has 0 radical (unpaired) electrons. The predicted molar refractivity (Wildman–Crippen MR) is 67.3 cm³/mol. The van der Waals surface area contributed by atoms with E-state index in [1.807, 2.05) is 0 Å². The molecular weight excluding hydrogens is 254 g/mol. The molecule has 2 rings (SSSR count). The Balaban J connectivity index is 2.17. The highest BCUT2D eigenvalue weighted by molar-refractivity contribution is 6.30. The SMILES string of the molecule is C=CCNC(=O)c1nnc(-c2ccc(Cl)cc2)o1. The normalized spacial score (nSPS) is 10.1. The lowest BCUT2D eigenvalue weighted by molar-refractivity contribution is 0.0924. The number of carbonyl (C=O) groups excluding carboxylic acids is 1. The van der Waals surface area contributed by atoms with E-state index in [2.05, 4.69) is 22.1 Å². The first-order chi connectivity index (χ1) is 8.70. The van der Waals surface area contributed by atoms with Crippen molar-refractivity contribution < 1.29 is 9.21 Å². The van der Waals surface area contributed by atoms with Crippen molar-refractivity contribution in [2.24, 2.45) is 0 Å². The lowest BCUT2D eigenvalue weighted by Crippen LogP contribution is -2.23. The second kappa shape index (κ2) is 5.46. The monoisotopic (exact) mass is 263 g/mol. The van der Waals surface area contributed by atoms with Gasteiger partial charge in [0.2, 0.25) is 5.89 Å². The van der Waals surface area contributed by atoms with Crippen LogP contribution in [0.2, 0.25) is 5.02 Å². The van der Waals surface area contributed by atoms with Crippen molar-refractivity contribution in [2.45, 2.75) is 0 Å². The van der Waals surface area contributed by atoms with Gasteiger partial charge in [0.05, 0.1) is 0 Å². The number of nitrogens with zero attached hydrogens (tertiary/aromatic N) is 2. The lowest BCUT2D eigenvalue weighted by Gasteiger charge is -1.96. The number of aromatic nitrogens is 2. The number of amides is 1. The molecule has 1 N–H and O–H groups in total. The minimum Gasteiger partial charge on any atom is -0.412 e. The van der Waals surface area contributed by atoms with Gasteiger partial charge in [-0.1, -0.05) is 17.7 Å². The molecule has 0 bridgehead atoms. The number of nitrogens with one attached hydrogen (secondary N) is 1. The number of hydrogen-bond donors (Lipinski definition) is 1. The first kappa shape index (κ1) is 12.3. The van der Waals surface area contributed by atoms with Crippen LogP contribution >= 0.6 is 11.6 Å². The summed E-state index contributed by atoms with van der Waals surface area (Å²) in [5.74, 6) is -0.236. The standard InChI is InChI=1S/C12H10ClN3O2/c1-2-7-14-10(17)12-16-15-11(18-12)8-3-5-9(13)6-4-8/h2-6H,1,7H2,(H,14,17). The van der Waals surface area contributed by atoms with Crippen LogP contribution in [0.25, 0.3) is 11.5 Å². The number of benzene rings is 1. The maximum Gasteiger partial charge on any atom is 0.309 e. The van der Waals surface area contributed by atoms with Crippen LogP contribution < -0.4 is 5.32 Å². The number of hydrogen-bond acceptors (Lipinski definition) is 4. The van der Waals surface area contributed by atoms with Crippen LogP contribution in [0, 0.1) is 0 Å². The molecule has 0 saturated carbocycles. The molecule has 0 atom stereocenters. The lowest BCUT2D eigenvalue weighted by atomic mass is 10.2. The van der Waals surface area contributed by atoms with Gasteiger partial charge < -0.3 is 9.73 Å². The van der Waals surface area contributed by atoms with Crippen molar-refractivity contribution in [2.75, 3.05) is 6.54 Å². The van der Waals surface area contributed by atoms with E-state index in [0.717, 1.165) is 0 Å². The van der Waals surface area contributed by atoms with Crippen LogP contribution in [0.3, 0.4) is 0 Å². The van der Waals surface area contributed by atoms with Crippen LogP contribution in [0.5, 0.6) is 0 Å². The molecule has 1 aromatic carbocycles. The van der Waals surface area contributed by atoms with E-state index >= 15 is 0 Å². The van der Waals surface area contributed by atoms with E-state index in [-0.39, 0.29) is 11.8 Å². The molecule has 2 aromatic rings. The fourth-order valence-electron chi connectivity index (χ4n) is 1.26. The van der Waals surface area contributed by atoms with Crippen LogP contribution in [-0.2, 0) is 0 Å². The zero-order valence-corrected chi connectivity index (χ0v) is 10.1. The molecule has 18 heavy (non-hydrogen) atoms. The Hall–Kier alpha value is -2.14. The third kappa shape index (κ3) is 2.75. The van der Waals surface area contributed by atoms with Crippen LogP contribution in [0.15, 0.2) is 41.3 Å². The summed E-state index contributed by atoms with van der Waals surface area (Å²) in [7, 11) is 0. The Kier molecular flexibility index (Phi) is 3.74. The second-order valence-electron chi connectivity index (χ2n) is 3.42. The van der Waals surface area contributed by atoms with Gasteiger partial charge in [0.25, 0.3) is 0 Å². The molecule has 0 spiro atoms. The van der Waals surface area contributed by atoms with Crippen molar-refractivity contribution in [3.05, 3.63) is 47.8 Å². The highest BCUT2D eigenvalue weighted by atomic mass is 35.5. The van der Waals surface area contributed by atoms with Crippen LogP contribution in [0.1, 0.15) is 10.7 Å². The van der Waals surface area contributed by atoms with Crippen molar-refractivity contribution in [3.63, 3.8) is 0 Å². The van der Waals surface area contributed by atoms with Crippen molar-refractivity contribution in [3.8, 4) is 11.5 Å². The zero-order chi connectivity index (χ0) is 13.0. The summed E-state index contributed by atoms with van der Waals surface area (Å²) in [4.78, 5) is 11.5. The zero-order valence-electron chi connectivity index (χ0n) is 9.39. The minimum atomic E-state index is -0.428. The molecule has 0 fully saturated rings. The van der Waals surface area contributed by atoms with E-state index < -0.39 is 5.91 Å². The maximum atomic E-state index is 11.5. The quantitative estimate of drug-likeness (QED) is 0.860. The van der Waals surface area contributed by atoms with E-state index in [1.165, 1.54) is 0 Å². The fourth-order valence-corrected chi connectivity index (χ4v) is 1.39. The molecule has 1 amide bonds. The molecule has 0 saturated heterocycles. The first-order valence-electron chi connectivity index (χ1n) is 5.19. The van der Waals surface area contributed by atoms with Gasteiger partial charge in [0, 0.05) is 17.1 Å². The summed E-state index contributed by atoms with van der Waals surface area (Å²) in [5, 5.41) is 10.6.